The van der Waals surface area contributed by atoms with E-state index >= 15 is 0 Å². The standard InChI is InChI=1S/C21H24N4O6S/c22-13-17(19-7-4-10-31-19)23-20(26)18(24-21(27)25-8-11-30-12-9-25)15-32(28,29)14-16-5-2-1-3-6-16/h1-7,10,17-18H,8-9,11-12,14-15H2,(H,23,26)(H,24,27)/t17?,18-/m0/s1. The average molecular weight is 461 g/mol. The minimum absolute atomic E-state index is 0.200. The Morgan fingerprint density at radius 3 is 2.44 bits per heavy atom. The van der Waals surface area contributed by atoms with E-state index in [-0.39, 0.29) is 11.5 Å². The van der Waals surface area contributed by atoms with Crippen molar-refractivity contribution in [2.45, 2.75) is 17.8 Å². The summed E-state index contributed by atoms with van der Waals surface area (Å²) in [5.41, 5.74) is 0.566. The second-order valence-electron chi connectivity index (χ2n) is 7.23. The van der Waals surface area contributed by atoms with Crippen molar-refractivity contribution >= 4 is 21.8 Å². The normalized spacial score (nSPS) is 15.9. The third kappa shape index (κ3) is 6.57. The van der Waals surface area contributed by atoms with Crippen molar-refractivity contribution in [2.75, 3.05) is 32.1 Å². The molecule has 0 radical (unpaired) electrons. The second-order valence-corrected chi connectivity index (χ2v) is 9.34. The third-order valence-corrected chi connectivity index (χ3v) is 6.42. The number of ether oxygens (including phenoxy) is 1. The molecule has 1 aliphatic heterocycles. The van der Waals surface area contributed by atoms with E-state index in [9.17, 15) is 23.3 Å². The molecule has 2 heterocycles. The van der Waals surface area contributed by atoms with Crippen molar-refractivity contribution in [3.05, 3.63) is 60.1 Å². The Kier molecular flexibility index (Phi) is 7.86. The Hall–Kier alpha value is -3.36. The van der Waals surface area contributed by atoms with Crippen molar-refractivity contribution in [3.8, 4) is 6.07 Å². The van der Waals surface area contributed by atoms with Crippen LogP contribution < -0.4 is 10.6 Å². The van der Waals surface area contributed by atoms with Crippen LogP contribution in [-0.2, 0) is 25.1 Å². The Morgan fingerprint density at radius 2 is 1.81 bits per heavy atom. The summed E-state index contributed by atoms with van der Waals surface area (Å²) in [6, 6.07) is 10.4. The van der Waals surface area contributed by atoms with Crippen molar-refractivity contribution in [1.29, 1.82) is 5.26 Å². The van der Waals surface area contributed by atoms with Crippen molar-refractivity contribution in [3.63, 3.8) is 0 Å². The van der Waals surface area contributed by atoms with E-state index in [0.717, 1.165) is 0 Å². The molecular weight excluding hydrogens is 436 g/mol. The molecule has 1 aromatic heterocycles. The van der Waals surface area contributed by atoms with Gasteiger partial charge in [0.25, 0.3) is 0 Å². The van der Waals surface area contributed by atoms with Gasteiger partial charge in [0.1, 0.15) is 11.8 Å². The summed E-state index contributed by atoms with van der Waals surface area (Å²) in [7, 11) is -3.78. The quantitative estimate of drug-likeness (QED) is 0.598. The van der Waals surface area contributed by atoms with E-state index in [1.165, 1.54) is 17.2 Å². The molecular formula is C21H24N4O6S. The largest absolute Gasteiger partial charge is 0.466 e. The van der Waals surface area contributed by atoms with Gasteiger partial charge >= 0.3 is 6.03 Å². The fraction of sp³-hybridized carbons (Fsp3) is 0.381. The number of carbonyl (C=O) groups is 2. The highest BCUT2D eigenvalue weighted by molar-refractivity contribution is 7.90. The molecule has 11 heteroatoms. The van der Waals surface area contributed by atoms with Crippen LogP contribution in [0.3, 0.4) is 0 Å². The summed E-state index contributed by atoms with van der Waals surface area (Å²) >= 11 is 0. The molecule has 170 valence electrons. The SMILES string of the molecule is N#CC(NC(=O)[C@H](CS(=O)(=O)Cc1ccccc1)NC(=O)N1CCOCC1)c1ccco1. The topological polar surface area (TPSA) is 142 Å². The lowest BCUT2D eigenvalue weighted by molar-refractivity contribution is -0.123. The van der Waals surface area contributed by atoms with Crippen molar-refractivity contribution < 1.29 is 27.2 Å². The van der Waals surface area contributed by atoms with Gasteiger partial charge < -0.3 is 24.7 Å². The number of nitriles is 1. The van der Waals surface area contributed by atoms with Crippen LogP contribution in [0.4, 0.5) is 4.79 Å². The van der Waals surface area contributed by atoms with Gasteiger partial charge in [-0.25, -0.2) is 13.2 Å². The van der Waals surface area contributed by atoms with Gasteiger partial charge in [-0.15, -0.1) is 0 Å². The summed E-state index contributed by atoms with van der Waals surface area (Å²) < 4.78 is 36.0. The number of hydrogen-bond acceptors (Lipinski definition) is 7. The van der Waals surface area contributed by atoms with Crippen LogP contribution in [0.1, 0.15) is 17.4 Å². The highest BCUT2D eigenvalue weighted by Crippen LogP contribution is 2.14. The molecule has 2 atom stereocenters. The van der Waals surface area contributed by atoms with Crippen LogP contribution in [0.25, 0.3) is 0 Å². The summed E-state index contributed by atoms with van der Waals surface area (Å²) in [4.78, 5) is 27.0. The summed E-state index contributed by atoms with van der Waals surface area (Å²) in [5.74, 6) is -1.51. The van der Waals surface area contributed by atoms with E-state index in [1.54, 1.807) is 36.4 Å². The first kappa shape index (κ1) is 23.3. The van der Waals surface area contributed by atoms with Crippen LogP contribution in [0.5, 0.6) is 0 Å². The number of nitrogens with one attached hydrogen (secondary N) is 2. The Labute approximate surface area is 186 Å². The predicted octanol–water partition coefficient (Wildman–Crippen LogP) is 0.986. The fourth-order valence-electron chi connectivity index (χ4n) is 3.20. The first-order valence-electron chi connectivity index (χ1n) is 9.99. The monoisotopic (exact) mass is 460 g/mol. The molecule has 1 saturated heterocycles. The number of amides is 3. The lowest BCUT2D eigenvalue weighted by atomic mass is 10.2. The molecule has 1 fully saturated rings. The van der Waals surface area contributed by atoms with E-state index in [4.69, 9.17) is 9.15 Å². The number of furan rings is 1. The molecule has 0 aliphatic carbocycles. The number of sulfone groups is 1. The molecule has 3 amide bonds. The van der Waals surface area contributed by atoms with Crippen LogP contribution in [0.2, 0.25) is 0 Å². The first-order chi connectivity index (χ1) is 15.4. The molecule has 3 rings (SSSR count). The zero-order valence-corrected chi connectivity index (χ0v) is 18.1. The number of benzene rings is 1. The molecule has 0 saturated carbocycles. The first-order valence-corrected chi connectivity index (χ1v) is 11.8. The Bertz CT molecular complexity index is 1040. The Morgan fingerprint density at radius 1 is 1.09 bits per heavy atom. The lowest BCUT2D eigenvalue weighted by Crippen LogP contribution is -2.56. The van der Waals surface area contributed by atoms with Crippen molar-refractivity contribution in [2.24, 2.45) is 0 Å². The van der Waals surface area contributed by atoms with Crippen LogP contribution >= 0.6 is 0 Å². The second kappa shape index (κ2) is 10.8. The molecule has 1 aromatic carbocycles. The number of carbonyl (C=O) groups excluding carboxylic acids is 2. The molecule has 0 bridgehead atoms. The lowest BCUT2D eigenvalue weighted by Gasteiger charge is -2.29. The van der Waals surface area contributed by atoms with Crippen LogP contribution in [0, 0.1) is 11.3 Å². The fourth-order valence-corrected chi connectivity index (χ4v) is 4.76. The van der Waals surface area contributed by atoms with Gasteiger partial charge in [-0.05, 0) is 17.7 Å². The molecule has 0 spiro atoms. The maximum absolute atomic E-state index is 12.9. The van der Waals surface area contributed by atoms with E-state index < -0.39 is 39.6 Å². The molecule has 2 aromatic rings. The van der Waals surface area contributed by atoms with Gasteiger partial charge in [0.2, 0.25) is 5.91 Å². The highest BCUT2D eigenvalue weighted by atomic mass is 32.2. The number of nitrogens with zero attached hydrogens (tertiary/aromatic N) is 2. The van der Waals surface area contributed by atoms with Gasteiger partial charge in [0.05, 0.1) is 37.1 Å². The van der Waals surface area contributed by atoms with E-state index in [2.05, 4.69) is 10.6 Å². The number of morpholine rings is 1. The molecule has 2 N–H and O–H groups in total. The van der Waals surface area contributed by atoms with Crippen molar-refractivity contribution in [1.82, 2.24) is 15.5 Å². The Balaban J connectivity index is 1.75. The predicted molar refractivity (Wildman–Crippen MR) is 114 cm³/mol. The summed E-state index contributed by atoms with van der Waals surface area (Å²) in [6.07, 6.45) is 1.35. The van der Waals surface area contributed by atoms with E-state index in [0.29, 0.717) is 31.9 Å². The average Bonchev–Trinajstić information content (AvgIpc) is 3.32. The zero-order chi connectivity index (χ0) is 23.0. The van der Waals surface area contributed by atoms with Gasteiger partial charge in [0.15, 0.2) is 15.9 Å². The molecule has 1 unspecified atom stereocenters. The maximum atomic E-state index is 12.9. The number of urea groups is 1. The number of rotatable bonds is 8. The van der Waals surface area contributed by atoms with Crippen LogP contribution in [-0.4, -0.2) is 63.4 Å². The molecule has 10 nitrogen and oxygen atoms in total. The third-order valence-electron chi connectivity index (χ3n) is 4.81. The van der Waals surface area contributed by atoms with E-state index in [1.807, 2.05) is 6.07 Å². The van der Waals surface area contributed by atoms with Gasteiger partial charge in [-0.1, -0.05) is 30.3 Å². The van der Waals surface area contributed by atoms with Gasteiger partial charge in [0, 0.05) is 13.1 Å². The summed E-state index contributed by atoms with van der Waals surface area (Å²) in [5, 5.41) is 14.3. The minimum atomic E-state index is -3.78. The number of hydrogen-bond donors (Lipinski definition) is 2. The zero-order valence-electron chi connectivity index (χ0n) is 17.3. The molecule has 1 aliphatic rings. The van der Waals surface area contributed by atoms with Gasteiger partial charge in [-0.3, -0.25) is 4.79 Å². The highest BCUT2D eigenvalue weighted by Gasteiger charge is 2.31. The molecule has 32 heavy (non-hydrogen) atoms. The smallest absolute Gasteiger partial charge is 0.318 e. The minimum Gasteiger partial charge on any atom is -0.466 e. The maximum Gasteiger partial charge on any atom is 0.318 e. The van der Waals surface area contributed by atoms with Crippen LogP contribution in [0.15, 0.2) is 53.1 Å². The summed E-state index contributed by atoms with van der Waals surface area (Å²) in [6.45, 7) is 1.35. The van der Waals surface area contributed by atoms with Gasteiger partial charge in [-0.2, -0.15) is 5.26 Å².